The first kappa shape index (κ1) is 12.9. The number of nitrogens with zero attached hydrogens (tertiary/aromatic N) is 1. The standard InChI is InChI=1S/C8H4BrClINO3/c9-7-4(6(13)3-10)1-2-5(11)8(7)12(14)15/h1-2H,3H2. The Morgan fingerprint density at radius 2 is 2.20 bits per heavy atom. The van der Waals surface area contributed by atoms with Crippen molar-refractivity contribution < 1.29 is 9.72 Å². The third-order valence-electron chi connectivity index (χ3n) is 1.67. The van der Waals surface area contributed by atoms with Crippen LogP contribution in [0.4, 0.5) is 5.69 Å². The first-order valence-electron chi connectivity index (χ1n) is 3.70. The first-order valence-corrected chi connectivity index (χ1v) is 6.11. The van der Waals surface area contributed by atoms with Crippen molar-refractivity contribution in [2.75, 3.05) is 5.88 Å². The number of rotatable bonds is 3. The molecule has 0 heterocycles. The quantitative estimate of drug-likeness (QED) is 0.255. The van der Waals surface area contributed by atoms with E-state index in [9.17, 15) is 14.9 Å². The second kappa shape index (κ2) is 5.22. The average Bonchev–Trinajstić information content (AvgIpc) is 2.16. The van der Waals surface area contributed by atoms with Crippen LogP contribution in [0.1, 0.15) is 10.4 Å². The second-order valence-corrected chi connectivity index (χ2v) is 4.79. The summed E-state index contributed by atoms with van der Waals surface area (Å²) in [4.78, 5) is 21.5. The van der Waals surface area contributed by atoms with E-state index in [2.05, 4.69) is 15.9 Å². The second-order valence-electron chi connectivity index (χ2n) is 2.57. The van der Waals surface area contributed by atoms with Gasteiger partial charge in [-0.25, -0.2) is 0 Å². The molecule has 0 saturated heterocycles. The van der Waals surface area contributed by atoms with Crippen LogP contribution in [0, 0.1) is 13.7 Å². The van der Waals surface area contributed by atoms with Crippen LogP contribution in [0.25, 0.3) is 0 Å². The maximum absolute atomic E-state index is 11.3. The van der Waals surface area contributed by atoms with Crippen LogP contribution >= 0.6 is 50.1 Å². The molecule has 0 amide bonds. The lowest BCUT2D eigenvalue weighted by Crippen LogP contribution is -2.04. The summed E-state index contributed by atoms with van der Waals surface area (Å²) in [7, 11) is 0. The van der Waals surface area contributed by atoms with Crippen LogP contribution in [0.15, 0.2) is 16.6 Å². The fraction of sp³-hybridized carbons (Fsp3) is 0.125. The maximum Gasteiger partial charge on any atom is 0.297 e. The maximum atomic E-state index is 11.3. The molecule has 0 atom stereocenters. The number of hydrogen-bond donors (Lipinski definition) is 0. The minimum absolute atomic E-state index is 0.105. The molecule has 7 heteroatoms. The molecule has 0 fully saturated rings. The summed E-state index contributed by atoms with van der Waals surface area (Å²) in [5, 5.41) is 10.7. The monoisotopic (exact) mass is 403 g/mol. The Hall–Kier alpha value is -0.210. The number of alkyl halides is 1. The van der Waals surface area contributed by atoms with Gasteiger partial charge in [0.1, 0.15) is 4.47 Å². The average molecular weight is 404 g/mol. The topological polar surface area (TPSA) is 60.2 Å². The van der Waals surface area contributed by atoms with Crippen LogP contribution in [-0.2, 0) is 0 Å². The molecule has 0 bridgehead atoms. The molecular formula is C8H4BrClINO3. The molecule has 1 aromatic carbocycles. The van der Waals surface area contributed by atoms with E-state index in [1.54, 1.807) is 0 Å². The predicted molar refractivity (Wildman–Crippen MR) is 68.6 cm³/mol. The molecule has 15 heavy (non-hydrogen) atoms. The lowest BCUT2D eigenvalue weighted by atomic mass is 10.1. The summed E-state index contributed by atoms with van der Waals surface area (Å²) in [6.45, 7) is 0. The summed E-state index contributed by atoms with van der Waals surface area (Å²) < 4.78 is 0.653. The van der Waals surface area contributed by atoms with Crippen molar-refractivity contribution in [3.63, 3.8) is 0 Å². The van der Waals surface area contributed by atoms with Gasteiger partial charge >= 0.3 is 0 Å². The first-order chi connectivity index (χ1) is 6.99. The summed E-state index contributed by atoms with van der Waals surface area (Å²) >= 11 is 10.3. The van der Waals surface area contributed by atoms with E-state index in [1.807, 2.05) is 22.6 Å². The zero-order chi connectivity index (χ0) is 11.6. The van der Waals surface area contributed by atoms with Gasteiger partial charge in [-0.2, -0.15) is 0 Å². The fourth-order valence-corrected chi connectivity index (χ4v) is 2.87. The van der Waals surface area contributed by atoms with Gasteiger partial charge in [0.05, 0.1) is 14.4 Å². The Labute approximate surface area is 112 Å². The molecule has 0 spiro atoms. The summed E-state index contributed by atoms with van der Waals surface area (Å²) in [6.07, 6.45) is 0. The molecule has 1 aromatic rings. The number of nitro benzene ring substituents is 1. The molecule has 0 unspecified atom stereocenters. The molecule has 4 nitrogen and oxygen atoms in total. The van der Waals surface area contributed by atoms with E-state index in [4.69, 9.17) is 11.6 Å². The van der Waals surface area contributed by atoms with Gasteiger partial charge in [0.15, 0.2) is 5.78 Å². The van der Waals surface area contributed by atoms with E-state index >= 15 is 0 Å². The molecular weight excluding hydrogens is 400 g/mol. The Bertz CT molecular complexity index is 438. The molecule has 80 valence electrons. The van der Waals surface area contributed by atoms with Gasteiger partial charge < -0.3 is 0 Å². The van der Waals surface area contributed by atoms with Crippen molar-refractivity contribution in [2.24, 2.45) is 0 Å². The summed E-state index contributed by atoms with van der Waals surface area (Å²) in [5.74, 6) is -0.542. The van der Waals surface area contributed by atoms with Crippen LogP contribution in [0.3, 0.4) is 0 Å². The van der Waals surface area contributed by atoms with Crippen molar-refractivity contribution in [1.82, 2.24) is 0 Å². The van der Waals surface area contributed by atoms with Crippen LogP contribution < -0.4 is 0 Å². The predicted octanol–water partition coefficient (Wildman–Crippen LogP) is 3.38. The minimum atomic E-state index is -0.531. The molecule has 0 saturated carbocycles. The Balaban J connectivity index is 3.41. The lowest BCUT2D eigenvalue weighted by Gasteiger charge is -2.03. The summed E-state index contributed by atoms with van der Waals surface area (Å²) in [5.41, 5.74) is 0.128. The number of benzene rings is 1. The van der Waals surface area contributed by atoms with Gasteiger partial charge in [0.2, 0.25) is 0 Å². The largest absolute Gasteiger partial charge is 0.297 e. The van der Waals surface area contributed by atoms with Crippen molar-refractivity contribution in [2.45, 2.75) is 0 Å². The number of halogens is 3. The van der Waals surface area contributed by atoms with Crippen LogP contribution in [0.2, 0.25) is 0 Å². The van der Waals surface area contributed by atoms with Crippen LogP contribution in [0.5, 0.6) is 0 Å². The van der Waals surface area contributed by atoms with Crippen molar-refractivity contribution in [3.05, 3.63) is 35.9 Å². The number of Topliss-reactive ketones (excluding diaryl/α,β-unsaturated/α-hetero) is 1. The smallest absolute Gasteiger partial charge is 0.293 e. The van der Waals surface area contributed by atoms with Gasteiger partial charge in [-0.3, -0.25) is 14.9 Å². The van der Waals surface area contributed by atoms with Gasteiger partial charge in [-0.1, -0.05) is 0 Å². The molecule has 1 rings (SSSR count). The minimum Gasteiger partial charge on any atom is -0.293 e. The van der Waals surface area contributed by atoms with E-state index in [0.717, 1.165) is 0 Å². The lowest BCUT2D eigenvalue weighted by molar-refractivity contribution is -0.386. The number of nitro groups is 1. The highest BCUT2D eigenvalue weighted by Crippen LogP contribution is 2.33. The number of ketones is 1. The summed E-state index contributed by atoms with van der Waals surface area (Å²) in [6, 6.07) is 3.03. The Morgan fingerprint density at radius 1 is 1.60 bits per heavy atom. The van der Waals surface area contributed by atoms with Gasteiger partial charge in [0.25, 0.3) is 5.69 Å². The van der Waals surface area contributed by atoms with Gasteiger partial charge in [-0.15, -0.1) is 11.6 Å². The van der Waals surface area contributed by atoms with Crippen molar-refractivity contribution in [3.8, 4) is 0 Å². The van der Waals surface area contributed by atoms with Gasteiger partial charge in [0, 0.05) is 5.56 Å². The van der Waals surface area contributed by atoms with E-state index in [-0.39, 0.29) is 27.4 Å². The Morgan fingerprint density at radius 3 is 2.67 bits per heavy atom. The molecule has 0 aromatic heterocycles. The number of carbonyl (C=O) groups is 1. The Kier molecular flexibility index (Phi) is 4.47. The third-order valence-corrected chi connectivity index (χ3v) is 3.59. The van der Waals surface area contributed by atoms with Crippen molar-refractivity contribution in [1.29, 1.82) is 0 Å². The highest BCUT2D eigenvalue weighted by atomic mass is 127. The molecule has 0 radical (unpaired) electrons. The molecule has 0 aliphatic rings. The zero-order valence-corrected chi connectivity index (χ0v) is 11.7. The molecule has 0 N–H and O–H groups in total. The normalized spacial score (nSPS) is 10.1. The highest BCUT2D eigenvalue weighted by molar-refractivity contribution is 14.1. The van der Waals surface area contributed by atoms with E-state index < -0.39 is 4.92 Å². The van der Waals surface area contributed by atoms with Gasteiger partial charge in [-0.05, 0) is 50.7 Å². The van der Waals surface area contributed by atoms with Crippen LogP contribution in [-0.4, -0.2) is 16.6 Å². The fourth-order valence-electron chi connectivity index (χ4n) is 0.996. The van der Waals surface area contributed by atoms with E-state index in [1.165, 1.54) is 12.1 Å². The van der Waals surface area contributed by atoms with E-state index in [0.29, 0.717) is 3.57 Å². The molecule has 0 aliphatic heterocycles. The highest BCUT2D eigenvalue weighted by Gasteiger charge is 2.22. The SMILES string of the molecule is O=C(CCl)c1ccc(I)c([N+](=O)[O-])c1Br. The number of hydrogen-bond acceptors (Lipinski definition) is 3. The number of carbonyl (C=O) groups excluding carboxylic acids is 1. The third kappa shape index (κ3) is 2.67. The molecule has 0 aliphatic carbocycles. The zero-order valence-electron chi connectivity index (χ0n) is 7.17. The van der Waals surface area contributed by atoms with Crippen molar-refractivity contribution >= 4 is 61.6 Å².